The van der Waals surface area contributed by atoms with Crippen molar-refractivity contribution in [3.63, 3.8) is 0 Å². The van der Waals surface area contributed by atoms with Gasteiger partial charge in [-0.15, -0.1) is 0 Å². The zero-order valence-electron chi connectivity index (χ0n) is 41.4. The first kappa shape index (κ1) is 54.1. The number of hydrogen-bond acceptors (Lipinski definition) is 14. The highest BCUT2D eigenvalue weighted by Crippen LogP contribution is 2.69. The first-order valence-corrected chi connectivity index (χ1v) is 27.1. The summed E-state index contributed by atoms with van der Waals surface area (Å²) in [4.78, 5) is 76.1. The molecule has 0 aromatic carbocycles. The second-order valence-corrected chi connectivity index (χ2v) is 22.3. The predicted molar refractivity (Wildman–Crippen MR) is 258 cm³/mol. The monoisotopic (exact) mass is 977 g/mol. The number of esters is 3. The molecule has 0 aromatic rings. The number of hydrogen-bond donors (Lipinski definition) is 6. The lowest BCUT2D eigenvalue weighted by Crippen LogP contribution is -2.63. The Morgan fingerprint density at radius 1 is 0.779 bits per heavy atom. The Labute approximate surface area is 408 Å². The van der Waals surface area contributed by atoms with Gasteiger partial charge in [0.1, 0.15) is 18.3 Å². The lowest BCUT2D eigenvalue weighted by atomic mass is 9.43. The molecular weight excluding hydrogens is 893 g/mol. The van der Waals surface area contributed by atoms with E-state index in [1.54, 1.807) is 0 Å². The van der Waals surface area contributed by atoms with Gasteiger partial charge in [-0.3, -0.25) is 24.0 Å². The molecule has 6 rings (SSSR count). The van der Waals surface area contributed by atoms with Crippen LogP contribution in [-0.4, -0.2) is 130 Å². The summed E-state index contributed by atoms with van der Waals surface area (Å²) in [6, 6.07) is 0.336. The third-order valence-corrected chi connectivity index (χ3v) is 18.4. The van der Waals surface area contributed by atoms with Crippen molar-refractivity contribution in [3.8, 4) is 0 Å². The summed E-state index contributed by atoms with van der Waals surface area (Å²) >= 11 is 1.89. The maximum absolute atomic E-state index is 13.4. The minimum absolute atomic E-state index is 0.0107. The van der Waals surface area contributed by atoms with Crippen molar-refractivity contribution in [1.29, 1.82) is 0 Å². The molecule has 4 aliphatic carbocycles. The van der Waals surface area contributed by atoms with Gasteiger partial charge in [-0.05, 0) is 106 Å². The van der Waals surface area contributed by atoms with Crippen molar-refractivity contribution in [2.45, 2.75) is 172 Å². The molecule has 0 bridgehead atoms. The van der Waals surface area contributed by atoms with Gasteiger partial charge in [-0.25, -0.2) is 4.79 Å². The average molecular weight is 977 g/mol. The van der Waals surface area contributed by atoms with E-state index in [1.807, 2.05) is 18.7 Å². The summed E-state index contributed by atoms with van der Waals surface area (Å²) in [5.74, 6) is 0.967. The number of urea groups is 1. The molecule has 4 amide bonds. The van der Waals surface area contributed by atoms with Crippen LogP contribution in [0.2, 0.25) is 0 Å². The first-order valence-electron chi connectivity index (χ1n) is 26.1. The number of unbranched alkanes of at least 4 members (excludes halogenated alkanes) is 1. The van der Waals surface area contributed by atoms with Gasteiger partial charge in [0.25, 0.3) is 0 Å². The van der Waals surface area contributed by atoms with E-state index in [0.29, 0.717) is 83.3 Å². The van der Waals surface area contributed by atoms with Crippen LogP contribution in [0.25, 0.3) is 0 Å². The standard InChI is InChI=1S/C50H84N6O11S/c1-5-8-43(59)65-33-15-18-49(3)32(27-33)28-38(66-44(60)16-19-51)46-35-13-12-34(50(35,4)40(29-36(46)49)67-45(61)17-20-52)31(2)11-14-42(58)54-22-24-64-26-25-63-23-21-53-41(57)10-7-6-9-39-47-37(30-68-39)55-48(62)56-47/h31-40,46-47H,5-30,51-52H2,1-4H3,(H,53,57)(H,54,58)(H2,55,56,62)/t31-,32+,33-,34-,35+,36+,37?,38-,39+,40+,46+,47?,49+,50-/m1/s1. The molecule has 386 valence electrons. The molecule has 4 saturated carbocycles. The number of fused-ring (bicyclic) bond motifs is 6. The molecule has 6 aliphatic rings. The van der Waals surface area contributed by atoms with Crippen molar-refractivity contribution in [2.24, 2.45) is 57.8 Å². The molecular formula is C50H84N6O11S. The summed E-state index contributed by atoms with van der Waals surface area (Å²) in [6.07, 6.45) is 10.3. The smallest absolute Gasteiger partial charge is 0.315 e. The van der Waals surface area contributed by atoms with Crippen LogP contribution in [0.3, 0.4) is 0 Å². The fraction of sp³-hybridized carbons (Fsp3) is 0.880. The van der Waals surface area contributed by atoms with Crippen molar-refractivity contribution < 1.29 is 52.5 Å². The molecule has 0 radical (unpaired) electrons. The Kier molecular flexibility index (Phi) is 20.5. The van der Waals surface area contributed by atoms with Crippen LogP contribution in [0.5, 0.6) is 0 Å². The Balaban J connectivity index is 0.930. The minimum atomic E-state index is -0.411. The topological polar surface area (TPSA) is 249 Å². The highest BCUT2D eigenvalue weighted by Gasteiger charge is 2.68. The number of thioether (sulfide) groups is 1. The van der Waals surface area contributed by atoms with Crippen molar-refractivity contribution >= 4 is 47.5 Å². The second kappa shape index (κ2) is 25.8. The molecule has 0 aromatic heterocycles. The van der Waals surface area contributed by atoms with Gasteiger partial charge in [0.15, 0.2) is 0 Å². The van der Waals surface area contributed by atoms with E-state index < -0.39 is 5.41 Å². The van der Waals surface area contributed by atoms with Crippen molar-refractivity contribution in [1.82, 2.24) is 21.3 Å². The summed E-state index contributed by atoms with van der Waals surface area (Å²) in [6.45, 7) is 11.6. The lowest BCUT2D eigenvalue weighted by molar-refractivity contribution is -0.225. The molecule has 17 nitrogen and oxygen atoms in total. The Morgan fingerprint density at radius 2 is 1.46 bits per heavy atom. The van der Waals surface area contributed by atoms with Crippen LogP contribution < -0.4 is 32.7 Å². The minimum Gasteiger partial charge on any atom is -0.462 e. The zero-order chi connectivity index (χ0) is 48.8. The highest BCUT2D eigenvalue weighted by molar-refractivity contribution is 8.00. The van der Waals surface area contributed by atoms with Crippen LogP contribution in [0.1, 0.15) is 137 Å². The summed E-state index contributed by atoms with van der Waals surface area (Å²) in [7, 11) is 0. The van der Waals surface area contributed by atoms with E-state index in [2.05, 4.69) is 42.0 Å². The fourth-order valence-corrected chi connectivity index (χ4v) is 15.0. The maximum Gasteiger partial charge on any atom is 0.315 e. The fourth-order valence-electron chi connectivity index (χ4n) is 13.5. The van der Waals surface area contributed by atoms with E-state index in [-0.39, 0.29) is 133 Å². The van der Waals surface area contributed by atoms with Crippen LogP contribution in [0.4, 0.5) is 4.79 Å². The molecule has 6 fully saturated rings. The van der Waals surface area contributed by atoms with Gasteiger partial charge < -0.3 is 56.4 Å². The molecule has 14 atom stereocenters. The van der Waals surface area contributed by atoms with E-state index in [9.17, 15) is 28.8 Å². The van der Waals surface area contributed by atoms with E-state index in [4.69, 9.17) is 35.2 Å². The number of nitrogens with one attached hydrogen (secondary N) is 4. The number of rotatable bonds is 27. The van der Waals surface area contributed by atoms with Gasteiger partial charge >= 0.3 is 23.9 Å². The average Bonchev–Trinajstić information content (AvgIpc) is 3.98. The maximum atomic E-state index is 13.4. The Morgan fingerprint density at radius 3 is 2.15 bits per heavy atom. The molecule has 8 N–H and O–H groups in total. The molecule has 2 heterocycles. The second-order valence-electron chi connectivity index (χ2n) is 21.0. The summed E-state index contributed by atoms with van der Waals surface area (Å²) < 4.78 is 30.2. The zero-order valence-corrected chi connectivity index (χ0v) is 42.2. The van der Waals surface area contributed by atoms with Gasteiger partial charge in [0, 0.05) is 67.8 Å². The van der Waals surface area contributed by atoms with Crippen LogP contribution >= 0.6 is 11.8 Å². The van der Waals surface area contributed by atoms with Crippen LogP contribution in [0, 0.1) is 46.3 Å². The van der Waals surface area contributed by atoms with Crippen molar-refractivity contribution in [2.75, 3.05) is 58.4 Å². The Bertz CT molecular complexity index is 1710. The van der Waals surface area contributed by atoms with E-state index in [1.165, 1.54) is 0 Å². The molecule has 2 unspecified atom stereocenters. The number of carbonyl (C=O) groups excluding carboxylic acids is 6. The van der Waals surface area contributed by atoms with Gasteiger partial charge in [0.2, 0.25) is 11.8 Å². The van der Waals surface area contributed by atoms with E-state index >= 15 is 0 Å². The Hall–Kier alpha value is -3.19. The van der Waals surface area contributed by atoms with Gasteiger partial charge in [-0.2, -0.15) is 11.8 Å². The summed E-state index contributed by atoms with van der Waals surface area (Å²) in [5.41, 5.74) is 11.1. The highest BCUT2D eigenvalue weighted by atomic mass is 32.2. The molecule has 2 aliphatic heterocycles. The summed E-state index contributed by atoms with van der Waals surface area (Å²) in [5, 5.41) is 12.3. The molecule has 0 spiro atoms. The van der Waals surface area contributed by atoms with Crippen LogP contribution in [0.15, 0.2) is 0 Å². The number of amides is 4. The lowest BCUT2D eigenvalue weighted by Gasteiger charge is -2.64. The quantitative estimate of drug-likeness (QED) is 0.0287. The SMILES string of the molecule is CCCC(=O)O[C@@H]1CC[C@@]2(C)[C@@H](C1)C[C@@H](OC(=O)CCN)[C@@H]1[C@@H]2C[C@H](OC(=O)CCN)[C@]2(C)[C@@H]([C@H](C)CCC(=O)NCCOCCOCCNC(=O)CCCC[C@@H]3SCC4NC(=O)NC43)CC[C@@H]12. The largest absolute Gasteiger partial charge is 0.462 e. The third kappa shape index (κ3) is 13.6. The van der Waals surface area contributed by atoms with E-state index in [0.717, 1.165) is 63.5 Å². The molecule has 2 saturated heterocycles. The van der Waals surface area contributed by atoms with Crippen molar-refractivity contribution in [3.05, 3.63) is 0 Å². The predicted octanol–water partition coefficient (Wildman–Crippen LogP) is 4.51. The third-order valence-electron chi connectivity index (χ3n) is 16.9. The molecule has 68 heavy (non-hydrogen) atoms. The van der Waals surface area contributed by atoms with Gasteiger partial charge in [-0.1, -0.05) is 34.1 Å². The molecule has 18 heteroatoms. The van der Waals surface area contributed by atoms with Gasteiger partial charge in [0.05, 0.1) is 51.4 Å². The number of carbonyl (C=O) groups is 6. The first-order chi connectivity index (χ1) is 32.7. The van der Waals surface area contributed by atoms with Crippen LogP contribution in [-0.2, 0) is 47.7 Å². The number of ether oxygens (including phenoxy) is 5. The number of nitrogens with two attached hydrogens (primary N) is 2. The normalized spacial score (nSPS) is 34.0.